The predicted octanol–water partition coefficient (Wildman–Crippen LogP) is 4.67. The summed E-state index contributed by atoms with van der Waals surface area (Å²) in [5.41, 5.74) is 1.42. The second-order valence-corrected chi connectivity index (χ2v) is 10.1. The highest BCUT2D eigenvalue weighted by Gasteiger charge is 2.31. The standard InChI is InChI=1S/C23H20BrF3N4O5S/c1-3-35-22(33)20-18(10-37(34)14-6-4-13(5-7-14)36-23(25,26)27)30(2)17-8-16(24)21(32)15(19(17)20)9-31-12-28-11-29-31/h4-8,11-12,32H,3,9-10H2,1-2H3. The first kappa shape index (κ1) is 26.7. The van der Waals surface area contributed by atoms with Crippen molar-refractivity contribution in [2.24, 2.45) is 7.05 Å². The van der Waals surface area contributed by atoms with Crippen molar-refractivity contribution in [3.63, 3.8) is 0 Å². The Morgan fingerprint density at radius 1 is 1.24 bits per heavy atom. The SMILES string of the molecule is CCOC(=O)c1c(CS(=O)c2ccc(OC(F)(F)F)cc2)n(C)c2cc(Br)c(O)c(Cn3cncn3)c12. The number of hydrogen-bond acceptors (Lipinski definition) is 7. The second-order valence-electron chi connectivity index (χ2n) is 7.78. The van der Waals surface area contributed by atoms with E-state index in [1.807, 2.05) is 0 Å². The van der Waals surface area contributed by atoms with E-state index in [1.165, 1.54) is 29.5 Å². The van der Waals surface area contributed by atoms with Gasteiger partial charge in [0.2, 0.25) is 0 Å². The number of benzene rings is 2. The van der Waals surface area contributed by atoms with E-state index in [0.29, 0.717) is 26.6 Å². The van der Waals surface area contributed by atoms with Crippen LogP contribution in [0.5, 0.6) is 11.5 Å². The average molecular weight is 601 g/mol. The Morgan fingerprint density at radius 2 is 1.95 bits per heavy atom. The molecule has 9 nitrogen and oxygen atoms in total. The summed E-state index contributed by atoms with van der Waals surface area (Å²) in [5, 5.41) is 15.3. The second kappa shape index (κ2) is 10.5. The molecule has 1 atom stereocenters. The van der Waals surface area contributed by atoms with Gasteiger partial charge in [-0.15, -0.1) is 13.2 Å². The highest BCUT2D eigenvalue weighted by Crippen LogP contribution is 2.40. The first-order chi connectivity index (χ1) is 17.5. The van der Waals surface area contributed by atoms with Gasteiger partial charge in [0.05, 0.1) is 45.3 Å². The minimum absolute atomic E-state index is 0.0827. The van der Waals surface area contributed by atoms with E-state index in [1.54, 1.807) is 24.6 Å². The van der Waals surface area contributed by atoms with Crippen LogP contribution in [0.1, 0.15) is 28.5 Å². The van der Waals surface area contributed by atoms with Crippen LogP contribution in [-0.2, 0) is 34.9 Å². The van der Waals surface area contributed by atoms with Gasteiger partial charge >= 0.3 is 12.3 Å². The molecule has 37 heavy (non-hydrogen) atoms. The van der Waals surface area contributed by atoms with E-state index in [2.05, 4.69) is 30.7 Å². The Morgan fingerprint density at radius 3 is 2.54 bits per heavy atom. The molecule has 2 heterocycles. The van der Waals surface area contributed by atoms with Crippen LogP contribution in [-0.4, -0.2) is 47.6 Å². The number of ether oxygens (including phenoxy) is 2. The third kappa shape index (κ3) is 5.64. The average Bonchev–Trinajstić information content (AvgIpc) is 3.43. The fourth-order valence-electron chi connectivity index (χ4n) is 3.90. The Labute approximate surface area is 219 Å². The van der Waals surface area contributed by atoms with Gasteiger partial charge in [-0.25, -0.2) is 14.5 Å². The summed E-state index contributed by atoms with van der Waals surface area (Å²) in [5.74, 6) is -1.37. The molecule has 196 valence electrons. The number of phenolic OH excluding ortho intramolecular Hbond substituents is 1. The molecule has 4 rings (SSSR count). The molecule has 4 aromatic rings. The third-order valence-corrected chi connectivity index (χ3v) is 7.43. The molecule has 2 aromatic heterocycles. The number of aromatic hydroxyl groups is 1. The Balaban J connectivity index is 1.81. The molecular formula is C23H20BrF3N4O5S. The predicted molar refractivity (Wildman–Crippen MR) is 131 cm³/mol. The number of esters is 1. The first-order valence-electron chi connectivity index (χ1n) is 10.8. The molecule has 14 heteroatoms. The van der Waals surface area contributed by atoms with Crippen molar-refractivity contribution in [1.29, 1.82) is 0 Å². The number of fused-ring (bicyclic) bond motifs is 1. The maximum atomic E-state index is 13.2. The summed E-state index contributed by atoms with van der Waals surface area (Å²) in [6, 6.07) is 6.30. The van der Waals surface area contributed by atoms with Gasteiger partial charge in [0.15, 0.2) is 0 Å². The lowest BCUT2D eigenvalue weighted by molar-refractivity contribution is -0.274. The highest BCUT2D eigenvalue weighted by molar-refractivity contribution is 9.10. The number of carbonyl (C=O) groups excluding carboxylic acids is 1. The lowest BCUT2D eigenvalue weighted by atomic mass is 10.0. The number of alkyl halides is 3. The molecule has 0 aliphatic heterocycles. The maximum Gasteiger partial charge on any atom is 0.573 e. The van der Waals surface area contributed by atoms with Crippen molar-refractivity contribution in [1.82, 2.24) is 19.3 Å². The van der Waals surface area contributed by atoms with Gasteiger partial charge in [-0.3, -0.25) is 4.21 Å². The van der Waals surface area contributed by atoms with Crippen molar-refractivity contribution >= 4 is 43.6 Å². The van der Waals surface area contributed by atoms with Crippen LogP contribution in [0, 0.1) is 0 Å². The van der Waals surface area contributed by atoms with Crippen LogP contribution < -0.4 is 4.74 Å². The fraction of sp³-hybridized carbons (Fsp3) is 0.261. The number of carbonyl (C=O) groups is 1. The molecule has 1 N–H and O–H groups in total. The quantitative estimate of drug-likeness (QED) is 0.293. The normalized spacial score (nSPS) is 12.6. The van der Waals surface area contributed by atoms with Crippen LogP contribution in [0.25, 0.3) is 10.9 Å². The maximum absolute atomic E-state index is 13.2. The summed E-state index contributed by atoms with van der Waals surface area (Å²) < 4.78 is 63.3. The molecular weight excluding hydrogens is 581 g/mol. The summed E-state index contributed by atoms with van der Waals surface area (Å²) in [6.45, 7) is 1.82. The van der Waals surface area contributed by atoms with Gasteiger partial charge in [-0.2, -0.15) is 5.10 Å². The number of phenols is 1. The van der Waals surface area contributed by atoms with E-state index >= 15 is 0 Å². The number of hydrogen-bond donors (Lipinski definition) is 1. The summed E-state index contributed by atoms with van der Waals surface area (Å²) in [7, 11) is -0.0684. The smallest absolute Gasteiger partial charge is 0.506 e. The van der Waals surface area contributed by atoms with Crippen molar-refractivity contribution in [3.8, 4) is 11.5 Å². The molecule has 0 bridgehead atoms. The van der Waals surface area contributed by atoms with Crippen LogP contribution in [0.15, 0.2) is 52.4 Å². The first-order valence-corrected chi connectivity index (χ1v) is 12.9. The number of aryl methyl sites for hydroxylation is 1. The molecule has 0 fully saturated rings. The van der Waals surface area contributed by atoms with Gasteiger partial charge in [-0.1, -0.05) is 0 Å². The molecule has 0 amide bonds. The van der Waals surface area contributed by atoms with E-state index in [-0.39, 0.29) is 35.1 Å². The minimum atomic E-state index is -4.85. The largest absolute Gasteiger partial charge is 0.573 e. The Bertz CT molecular complexity index is 1470. The number of aromatic nitrogens is 4. The number of halogens is 4. The zero-order chi connectivity index (χ0) is 26.9. The molecule has 0 saturated carbocycles. The monoisotopic (exact) mass is 600 g/mol. The number of nitrogens with zero attached hydrogens (tertiary/aromatic N) is 4. The minimum Gasteiger partial charge on any atom is -0.506 e. The Kier molecular flexibility index (Phi) is 7.59. The van der Waals surface area contributed by atoms with E-state index in [0.717, 1.165) is 12.1 Å². The molecule has 0 aliphatic rings. The molecule has 2 aromatic carbocycles. The zero-order valence-corrected chi connectivity index (χ0v) is 21.9. The molecule has 0 spiro atoms. The van der Waals surface area contributed by atoms with E-state index in [9.17, 15) is 27.3 Å². The Hall–Kier alpha value is -3.39. The summed E-state index contributed by atoms with van der Waals surface area (Å²) in [6.07, 6.45) is -2.05. The fourth-order valence-corrected chi connectivity index (χ4v) is 5.55. The summed E-state index contributed by atoms with van der Waals surface area (Å²) in [4.78, 5) is 17.3. The summed E-state index contributed by atoms with van der Waals surface area (Å²) >= 11 is 3.35. The van der Waals surface area contributed by atoms with Crippen LogP contribution >= 0.6 is 15.9 Å². The lowest BCUT2D eigenvalue weighted by Crippen LogP contribution is -2.17. The van der Waals surface area contributed by atoms with Crippen molar-refractivity contribution in [3.05, 3.63) is 64.3 Å². The van der Waals surface area contributed by atoms with Gasteiger partial charge < -0.3 is 19.1 Å². The van der Waals surface area contributed by atoms with Crippen molar-refractivity contribution in [2.45, 2.75) is 30.5 Å². The highest BCUT2D eigenvalue weighted by atomic mass is 79.9. The number of rotatable bonds is 8. The van der Waals surface area contributed by atoms with Crippen LogP contribution in [0.4, 0.5) is 13.2 Å². The molecule has 0 aliphatic carbocycles. The molecule has 0 radical (unpaired) electrons. The molecule has 1 unspecified atom stereocenters. The molecule has 0 saturated heterocycles. The van der Waals surface area contributed by atoms with E-state index < -0.39 is 28.9 Å². The van der Waals surface area contributed by atoms with E-state index in [4.69, 9.17) is 4.74 Å². The van der Waals surface area contributed by atoms with Crippen molar-refractivity contribution < 1.29 is 36.8 Å². The van der Waals surface area contributed by atoms with Crippen LogP contribution in [0.3, 0.4) is 0 Å². The van der Waals surface area contributed by atoms with Crippen molar-refractivity contribution in [2.75, 3.05) is 6.61 Å². The van der Waals surface area contributed by atoms with Gasteiger partial charge in [0.25, 0.3) is 0 Å². The third-order valence-electron chi connectivity index (χ3n) is 5.49. The van der Waals surface area contributed by atoms with Crippen LogP contribution in [0.2, 0.25) is 0 Å². The van der Waals surface area contributed by atoms with Gasteiger partial charge in [0.1, 0.15) is 24.2 Å². The topological polar surface area (TPSA) is 108 Å². The van der Waals surface area contributed by atoms with Gasteiger partial charge in [-0.05, 0) is 53.2 Å². The van der Waals surface area contributed by atoms with Gasteiger partial charge in [0, 0.05) is 28.6 Å². The lowest BCUT2D eigenvalue weighted by Gasteiger charge is -2.11. The zero-order valence-electron chi connectivity index (χ0n) is 19.5.